The summed E-state index contributed by atoms with van der Waals surface area (Å²) in [5.74, 6) is -0.0769. The van der Waals surface area contributed by atoms with Gasteiger partial charge in [0.15, 0.2) is 6.61 Å². The summed E-state index contributed by atoms with van der Waals surface area (Å²) in [5, 5.41) is 3.87. The van der Waals surface area contributed by atoms with Gasteiger partial charge in [-0.15, -0.1) is 0 Å². The first kappa shape index (κ1) is 18.6. The van der Waals surface area contributed by atoms with Crippen molar-refractivity contribution >= 4 is 21.7 Å². The van der Waals surface area contributed by atoms with Gasteiger partial charge in [-0.2, -0.15) is 4.98 Å². The Balaban J connectivity index is 1.64. The van der Waals surface area contributed by atoms with Crippen LogP contribution in [0.4, 0.5) is 5.69 Å². The van der Waals surface area contributed by atoms with Gasteiger partial charge >= 0.3 is 5.97 Å². The molecule has 0 saturated heterocycles. The molecule has 0 atom stereocenters. The molecule has 0 unspecified atom stereocenters. The standard InChI is InChI=1S/C18H17N3O5S/c1-12-6-8-13(9-7-12)17-19-16(26-20-17)11-25-18(22)14-4-3-5-15(10-14)21-27(2,23)24/h3-10,21H,11H2,1-2H3. The van der Waals surface area contributed by atoms with Crippen molar-refractivity contribution in [2.24, 2.45) is 0 Å². The second-order valence-electron chi connectivity index (χ2n) is 5.91. The fourth-order valence-corrected chi connectivity index (χ4v) is 2.82. The van der Waals surface area contributed by atoms with Crippen LogP contribution in [0.3, 0.4) is 0 Å². The molecule has 1 aromatic heterocycles. The first-order valence-electron chi connectivity index (χ1n) is 7.95. The van der Waals surface area contributed by atoms with Crippen LogP contribution in [0.1, 0.15) is 21.8 Å². The highest BCUT2D eigenvalue weighted by atomic mass is 32.2. The molecule has 9 heteroatoms. The Hall–Kier alpha value is -3.20. The smallest absolute Gasteiger partial charge is 0.338 e. The van der Waals surface area contributed by atoms with E-state index in [0.717, 1.165) is 17.4 Å². The molecule has 2 aromatic carbocycles. The quantitative estimate of drug-likeness (QED) is 0.647. The summed E-state index contributed by atoms with van der Waals surface area (Å²) < 4.78 is 35.1. The number of carbonyl (C=O) groups is 1. The van der Waals surface area contributed by atoms with Gasteiger partial charge in [-0.25, -0.2) is 13.2 Å². The van der Waals surface area contributed by atoms with E-state index >= 15 is 0 Å². The van der Waals surface area contributed by atoms with Gasteiger partial charge in [-0.3, -0.25) is 4.72 Å². The molecule has 0 amide bonds. The predicted octanol–water partition coefficient (Wildman–Crippen LogP) is 2.77. The minimum Gasteiger partial charge on any atom is -0.452 e. The van der Waals surface area contributed by atoms with Gasteiger partial charge in [0.2, 0.25) is 15.8 Å². The number of sulfonamides is 1. The summed E-state index contributed by atoms with van der Waals surface area (Å²) in [6.45, 7) is 1.78. The lowest BCUT2D eigenvalue weighted by molar-refractivity contribution is 0.0430. The zero-order chi connectivity index (χ0) is 19.4. The largest absolute Gasteiger partial charge is 0.452 e. The first-order valence-corrected chi connectivity index (χ1v) is 9.84. The first-order chi connectivity index (χ1) is 12.8. The minimum absolute atomic E-state index is 0.157. The molecule has 0 bridgehead atoms. The van der Waals surface area contributed by atoms with Crippen LogP contribution in [-0.4, -0.2) is 30.8 Å². The van der Waals surface area contributed by atoms with Crippen LogP contribution in [0.2, 0.25) is 0 Å². The summed E-state index contributed by atoms with van der Waals surface area (Å²) in [4.78, 5) is 16.4. The molecular formula is C18H17N3O5S. The van der Waals surface area contributed by atoms with E-state index in [9.17, 15) is 13.2 Å². The van der Waals surface area contributed by atoms with Crippen molar-refractivity contribution in [2.75, 3.05) is 11.0 Å². The van der Waals surface area contributed by atoms with E-state index in [2.05, 4.69) is 14.9 Å². The van der Waals surface area contributed by atoms with Gasteiger partial charge in [-0.1, -0.05) is 41.1 Å². The molecule has 0 aliphatic rings. The van der Waals surface area contributed by atoms with Crippen LogP contribution in [0.5, 0.6) is 0 Å². The lowest BCUT2D eigenvalue weighted by atomic mass is 10.1. The number of nitrogens with zero attached hydrogens (tertiary/aromatic N) is 2. The molecule has 0 aliphatic carbocycles. The fraction of sp³-hybridized carbons (Fsp3) is 0.167. The fourth-order valence-electron chi connectivity index (χ4n) is 2.27. The van der Waals surface area contributed by atoms with Gasteiger partial charge < -0.3 is 9.26 Å². The van der Waals surface area contributed by atoms with Crippen molar-refractivity contribution in [3.05, 3.63) is 65.5 Å². The van der Waals surface area contributed by atoms with E-state index in [1.54, 1.807) is 6.07 Å². The van der Waals surface area contributed by atoms with Crippen LogP contribution < -0.4 is 4.72 Å². The third-order valence-electron chi connectivity index (χ3n) is 3.51. The number of aryl methyl sites for hydroxylation is 1. The molecule has 1 heterocycles. The summed E-state index contributed by atoms with van der Waals surface area (Å²) in [6, 6.07) is 13.6. The topological polar surface area (TPSA) is 111 Å². The molecule has 140 valence electrons. The molecule has 27 heavy (non-hydrogen) atoms. The summed E-state index contributed by atoms with van der Waals surface area (Å²) in [7, 11) is -3.44. The number of hydrogen-bond donors (Lipinski definition) is 1. The van der Waals surface area contributed by atoms with Gasteiger partial charge in [-0.05, 0) is 25.1 Å². The average molecular weight is 387 g/mol. The highest BCUT2D eigenvalue weighted by molar-refractivity contribution is 7.92. The summed E-state index contributed by atoms with van der Waals surface area (Å²) in [6.07, 6.45) is 1.03. The molecule has 0 aliphatic heterocycles. The molecule has 0 spiro atoms. The van der Waals surface area contributed by atoms with E-state index in [0.29, 0.717) is 5.82 Å². The van der Waals surface area contributed by atoms with Gasteiger partial charge in [0.25, 0.3) is 5.89 Å². The number of carbonyl (C=O) groups excluding carboxylic acids is 1. The monoisotopic (exact) mass is 387 g/mol. The van der Waals surface area contributed by atoms with Crippen LogP contribution >= 0.6 is 0 Å². The SMILES string of the molecule is Cc1ccc(-c2noc(COC(=O)c3cccc(NS(C)(=O)=O)c3)n2)cc1. The second-order valence-corrected chi connectivity index (χ2v) is 7.66. The zero-order valence-corrected chi connectivity index (χ0v) is 15.5. The van der Waals surface area contributed by atoms with E-state index in [-0.39, 0.29) is 23.7 Å². The number of hydrogen-bond acceptors (Lipinski definition) is 7. The molecule has 0 fully saturated rings. The number of esters is 1. The van der Waals surface area contributed by atoms with Crippen molar-refractivity contribution < 1.29 is 22.5 Å². The number of aromatic nitrogens is 2. The maximum atomic E-state index is 12.2. The summed E-state index contributed by atoms with van der Waals surface area (Å²) in [5.41, 5.74) is 2.37. The Kier molecular flexibility index (Phi) is 5.22. The number of rotatable bonds is 6. The van der Waals surface area contributed by atoms with Crippen molar-refractivity contribution in [2.45, 2.75) is 13.5 Å². The van der Waals surface area contributed by atoms with Crippen LogP contribution in [0.15, 0.2) is 53.1 Å². The predicted molar refractivity (Wildman–Crippen MR) is 98.5 cm³/mol. The molecule has 8 nitrogen and oxygen atoms in total. The van der Waals surface area contributed by atoms with Gasteiger partial charge in [0.1, 0.15) is 0 Å². The number of anilines is 1. The van der Waals surface area contributed by atoms with Crippen molar-refractivity contribution in [1.29, 1.82) is 0 Å². The average Bonchev–Trinajstić information content (AvgIpc) is 3.08. The molecule has 1 N–H and O–H groups in total. The number of benzene rings is 2. The Morgan fingerprint density at radius 1 is 1.19 bits per heavy atom. The zero-order valence-electron chi connectivity index (χ0n) is 14.7. The number of ether oxygens (including phenoxy) is 1. The molecule has 0 radical (unpaired) electrons. The minimum atomic E-state index is -3.44. The lowest BCUT2D eigenvalue weighted by Gasteiger charge is -2.06. The van der Waals surface area contributed by atoms with Crippen molar-refractivity contribution in [1.82, 2.24) is 10.1 Å². The Morgan fingerprint density at radius 2 is 1.93 bits per heavy atom. The van der Waals surface area contributed by atoms with Crippen LogP contribution in [0.25, 0.3) is 11.4 Å². The molecular weight excluding hydrogens is 370 g/mol. The summed E-state index contributed by atoms with van der Waals surface area (Å²) >= 11 is 0. The maximum Gasteiger partial charge on any atom is 0.338 e. The van der Waals surface area contributed by atoms with Crippen molar-refractivity contribution in [3.63, 3.8) is 0 Å². The third kappa shape index (κ3) is 5.14. The van der Waals surface area contributed by atoms with E-state index < -0.39 is 16.0 Å². The van der Waals surface area contributed by atoms with E-state index in [1.807, 2.05) is 31.2 Å². The highest BCUT2D eigenvalue weighted by Gasteiger charge is 2.13. The van der Waals surface area contributed by atoms with Crippen molar-refractivity contribution in [3.8, 4) is 11.4 Å². The second kappa shape index (κ2) is 7.58. The Bertz CT molecular complexity index is 1060. The van der Waals surface area contributed by atoms with Crippen LogP contribution in [0, 0.1) is 6.92 Å². The highest BCUT2D eigenvalue weighted by Crippen LogP contribution is 2.17. The molecule has 3 rings (SSSR count). The lowest BCUT2D eigenvalue weighted by Crippen LogP contribution is -2.11. The Morgan fingerprint density at radius 3 is 2.63 bits per heavy atom. The van der Waals surface area contributed by atoms with Gasteiger partial charge in [0, 0.05) is 11.3 Å². The molecule has 0 saturated carbocycles. The van der Waals surface area contributed by atoms with E-state index in [1.165, 1.54) is 18.2 Å². The van der Waals surface area contributed by atoms with E-state index in [4.69, 9.17) is 9.26 Å². The van der Waals surface area contributed by atoms with Gasteiger partial charge in [0.05, 0.1) is 11.8 Å². The van der Waals surface area contributed by atoms with Crippen LogP contribution in [-0.2, 0) is 21.4 Å². The number of nitrogens with one attached hydrogen (secondary N) is 1. The third-order valence-corrected chi connectivity index (χ3v) is 4.11. The normalized spacial score (nSPS) is 11.2. The maximum absolute atomic E-state index is 12.2. The Labute approximate surface area is 156 Å². The molecule has 3 aromatic rings.